The molecule has 1 aromatic rings. The fourth-order valence-electron chi connectivity index (χ4n) is 0.174. The molecule has 4 nitrogen and oxygen atoms in total. The summed E-state index contributed by atoms with van der Waals surface area (Å²) in [6.07, 6.45) is 2.29. The van der Waals surface area contributed by atoms with Crippen LogP contribution in [-0.2, 0) is 0 Å². The van der Waals surface area contributed by atoms with Crippen LogP contribution in [0.4, 0.5) is 0 Å². The minimum atomic E-state index is 0. The van der Waals surface area contributed by atoms with Gasteiger partial charge in [-0.05, 0) is 0 Å². The Morgan fingerprint density at radius 2 is 1.83 bits per heavy atom. The zero-order valence-corrected chi connectivity index (χ0v) is 2.83. The molecule has 0 unspecified atom stereocenters. The molecule has 0 bridgehead atoms. The molecule has 1 heterocycles. The van der Waals surface area contributed by atoms with Crippen molar-refractivity contribution < 1.29 is 13.8 Å². The van der Waals surface area contributed by atoms with Crippen molar-refractivity contribution in [3.05, 3.63) is 17.4 Å². The number of rotatable bonds is 0. The van der Waals surface area contributed by atoms with E-state index in [0.717, 1.165) is 12.5 Å². The number of aromatic nitrogens is 1. The molecule has 0 spiro atoms. The van der Waals surface area contributed by atoms with E-state index in [-0.39, 0.29) is 4.77 Å². The Bertz CT molecular complexity index is 147. The molecule has 0 fully saturated rings. The monoisotopic (exact) mass is 88.0 g/mol. The minimum absolute atomic E-state index is 0. The molecule has 0 aliphatic heterocycles. The fourth-order valence-corrected chi connectivity index (χ4v) is 0.174. The summed E-state index contributed by atoms with van der Waals surface area (Å²) in [4.78, 5) is 9.65. The fraction of sp³-hybridized carbons (Fsp3) is 0. The Hall–Kier alpha value is -1.06. The van der Waals surface area contributed by atoms with Crippen LogP contribution in [0.15, 0.2) is 21.6 Å². The molecule has 1 rings (SSSR count). The first kappa shape index (κ1) is 3.14. The van der Waals surface area contributed by atoms with Crippen molar-refractivity contribution in [2.75, 3.05) is 0 Å². The van der Waals surface area contributed by atoms with Gasteiger partial charge < -0.3 is 0 Å². The van der Waals surface area contributed by atoms with E-state index in [1.807, 2.05) is 0 Å². The number of hydrogen-bond donors (Lipinski definition) is 0. The molecule has 0 aliphatic carbocycles. The molecule has 4 heteroatoms. The lowest BCUT2D eigenvalue weighted by molar-refractivity contribution is -0.857. The standard InChI is InChI=1S/C2H2NO3/c4-3-5-1-2-6-3/h1-2H/q+1. The second kappa shape index (κ2) is 0.965. The largest absolute Gasteiger partial charge is 0.488 e. The highest BCUT2D eigenvalue weighted by molar-refractivity contribution is 4.39. The van der Waals surface area contributed by atoms with Crippen molar-refractivity contribution in [1.82, 2.24) is 0 Å². The van der Waals surface area contributed by atoms with Crippen molar-refractivity contribution in [2.24, 2.45) is 0 Å². The van der Waals surface area contributed by atoms with Gasteiger partial charge in [0.1, 0.15) is 4.91 Å². The molecule has 0 amide bonds. The third-order valence-electron chi connectivity index (χ3n) is 0.349. The molecule has 0 saturated carbocycles. The van der Waals surface area contributed by atoms with E-state index in [1.165, 1.54) is 0 Å². The topological polar surface area (TPSA) is 49.2 Å². The summed E-state index contributed by atoms with van der Waals surface area (Å²) in [5.74, 6) is 0. The molecule has 6 heavy (non-hydrogen) atoms. The maximum absolute atomic E-state index is 9.65. The Balaban J connectivity index is 3.41. The zero-order valence-electron chi connectivity index (χ0n) is 2.83. The Kier molecular flexibility index (Phi) is 0.506. The molecule has 32 valence electrons. The summed E-state index contributed by atoms with van der Waals surface area (Å²) in [7, 11) is 0. The van der Waals surface area contributed by atoms with Gasteiger partial charge in [0.2, 0.25) is 12.5 Å². The van der Waals surface area contributed by atoms with Crippen LogP contribution in [0.3, 0.4) is 0 Å². The lowest BCUT2D eigenvalue weighted by atomic mass is 11.1. The molecular formula is C2H2NO3+. The second-order valence-corrected chi connectivity index (χ2v) is 0.707. The van der Waals surface area contributed by atoms with Crippen molar-refractivity contribution >= 4 is 0 Å². The molecule has 0 radical (unpaired) electrons. The van der Waals surface area contributed by atoms with Crippen molar-refractivity contribution in [3.63, 3.8) is 0 Å². The van der Waals surface area contributed by atoms with E-state index in [2.05, 4.69) is 9.05 Å². The highest BCUT2D eigenvalue weighted by Crippen LogP contribution is 1.67. The quantitative estimate of drug-likeness (QED) is 0.440. The minimum Gasteiger partial charge on any atom is -0.149 e. The summed E-state index contributed by atoms with van der Waals surface area (Å²) in [5.41, 5.74) is 0. The van der Waals surface area contributed by atoms with Gasteiger partial charge in [0.25, 0.3) is 0 Å². The predicted octanol–water partition coefficient (Wildman–Crippen LogP) is -0.213. The zero-order chi connectivity index (χ0) is 4.41. The highest BCUT2D eigenvalue weighted by atomic mass is 16.8. The lowest BCUT2D eigenvalue weighted by Crippen LogP contribution is -2.04. The van der Waals surface area contributed by atoms with E-state index in [4.69, 9.17) is 0 Å². The summed E-state index contributed by atoms with van der Waals surface area (Å²) in [5, 5.41) is 0. The molecule has 0 aromatic carbocycles. The van der Waals surface area contributed by atoms with Gasteiger partial charge in [-0.2, -0.15) is 0 Å². The average molecular weight is 88.0 g/mol. The Morgan fingerprint density at radius 3 is 2.00 bits per heavy atom. The van der Waals surface area contributed by atoms with Crippen LogP contribution in [0.2, 0.25) is 0 Å². The highest BCUT2D eigenvalue weighted by Gasteiger charge is 1.87. The molecule has 1 aromatic heterocycles. The predicted molar refractivity (Wildman–Crippen MR) is 14.3 cm³/mol. The Morgan fingerprint density at radius 1 is 1.33 bits per heavy atom. The SMILES string of the molecule is O=[n+]1occo1. The smallest absolute Gasteiger partial charge is 0.149 e. The van der Waals surface area contributed by atoms with Crippen LogP contribution in [0.1, 0.15) is 0 Å². The number of hydrogen-bond acceptors (Lipinski definition) is 3. The molecule has 0 aliphatic rings. The third kappa shape index (κ3) is 0.314. The van der Waals surface area contributed by atoms with E-state index >= 15 is 0 Å². The van der Waals surface area contributed by atoms with Gasteiger partial charge in [0.15, 0.2) is 0 Å². The maximum atomic E-state index is 9.65. The van der Waals surface area contributed by atoms with Crippen LogP contribution in [-0.4, -0.2) is 0 Å². The summed E-state index contributed by atoms with van der Waals surface area (Å²) < 4.78 is 8.06. The van der Waals surface area contributed by atoms with Gasteiger partial charge in [0, 0.05) is 0 Å². The first-order valence-corrected chi connectivity index (χ1v) is 1.35. The third-order valence-corrected chi connectivity index (χ3v) is 0.349. The Labute approximate surface area is 32.5 Å². The van der Waals surface area contributed by atoms with Crippen LogP contribution in [0, 0.1) is 4.91 Å². The summed E-state index contributed by atoms with van der Waals surface area (Å²) >= 11 is 0. The molecule has 0 saturated heterocycles. The van der Waals surface area contributed by atoms with E-state index in [1.54, 1.807) is 0 Å². The molecular weight excluding hydrogens is 86.0 g/mol. The normalized spacial score (nSPS) is 8.67. The first-order chi connectivity index (χ1) is 2.89. The lowest BCUT2D eigenvalue weighted by Gasteiger charge is -1.33. The van der Waals surface area contributed by atoms with Gasteiger partial charge in [-0.25, -0.2) is 0 Å². The first-order valence-electron chi connectivity index (χ1n) is 1.35. The molecule has 0 N–H and O–H groups in total. The van der Waals surface area contributed by atoms with Gasteiger partial charge in [-0.3, -0.25) is 0 Å². The van der Waals surface area contributed by atoms with Crippen molar-refractivity contribution in [3.8, 4) is 0 Å². The van der Waals surface area contributed by atoms with Gasteiger partial charge in [-0.15, -0.1) is 9.05 Å². The van der Waals surface area contributed by atoms with Crippen molar-refractivity contribution in [1.29, 1.82) is 0 Å². The van der Waals surface area contributed by atoms with Crippen molar-refractivity contribution in [2.45, 2.75) is 0 Å². The van der Waals surface area contributed by atoms with Gasteiger partial charge in [-0.1, -0.05) is 0 Å². The van der Waals surface area contributed by atoms with Crippen LogP contribution in [0.25, 0.3) is 0 Å². The maximum Gasteiger partial charge on any atom is 0.488 e. The van der Waals surface area contributed by atoms with E-state index < -0.39 is 0 Å². The van der Waals surface area contributed by atoms with Gasteiger partial charge >= 0.3 is 4.77 Å². The molecule has 0 atom stereocenters. The van der Waals surface area contributed by atoms with Crippen LogP contribution in [0.5, 0.6) is 0 Å². The van der Waals surface area contributed by atoms with Gasteiger partial charge in [0.05, 0.1) is 0 Å². The van der Waals surface area contributed by atoms with Crippen LogP contribution < -0.4 is 4.77 Å². The summed E-state index contributed by atoms with van der Waals surface area (Å²) in [6, 6.07) is 0. The summed E-state index contributed by atoms with van der Waals surface area (Å²) in [6.45, 7) is 0. The van der Waals surface area contributed by atoms with E-state index in [0.29, 0.717) is 0 Å². The van der Waals surface area contributed by atoms with E-state index in [9.17, 15) is 4.91 Å². The van der Waals surface area contributed by atoms with Crippen LogP contribution >= 0.6 is 0 Å². The second-order valence-electron chi connectivity index (χ2n) is 0.707. The average Bonchev–Trinajstić information content (AvgIpc) is 1.86. The number of nitrogens with zero attached hydrogens (tertiary/aromatic N) is 1.